The van der Waals surface area contributed by atoms with Crippen LogP contribution in [0.4, 0.5) is 17.1 Å². The number of nitrogens with one attached hydrogen (secondary N) is 1. The summed E-state index contributed by atoms with van der Waals surface area (Å²) in [7, 11) is 5.06. The van der Waals surface area contributed by atoms with Gasteiger partial charge in [0.15, 0.2) is 0 Å². The average Bonchev–Trinajstić information content (AvgIpc) is 2.73. The Morgan fingerprint density at radius 3 is 2.37 bits per heavy atom. The van der Waals surface area contributed by atoms with E-state index in [0.717, 1.165) is 11.4 Å². The molecule has 0 bridgehead atoms. The molecule has 3 rings (SSSR count). The molecule has 0 atom stereocenters. The summed E-state index contributed by atoms with van der Waals surface area (Å²) in [4.78, 5) is 18.8. The van der Waals surface area contributed by atoms with E-state index in [4.69, 9.17) is 9.47 Å². The highest BCUT2D eigenvalue weighted by Gasteiger charge is 2.13. The van der Waals surface area contributed by atoms with E-state index in [9.17, 15) is 4.79 Å². The van der Waals surface area contributed by atoms with Crippen LogP contribution in [0.5, 0.6) is 11.5 Å². The average molecular weight is 363 g/mol. The molecule has 0 aliphatic heterocycles. The molecule has 0 radical (unpaired) electrons. The summed E-state index contributed by atoms with van der Waals surface area (Å²) in [5.41, 5.74) is 2.76. The Kier molecular flexibility index (Phi) is 5.56. The molecule has 6 heteroatoms. The molecule has 0 saturated heterocycles. The predicted octanol–water partition coefficient (Wildman–Crippen LogP) is 4.12. The highest BCUT2D eigenvalue weighted by Crippen LogP contribution is 2.29. The number of rotatable bonds is 6. The Balaban J connectivity index is 1.77. The smallest absolute Gasteiger partial charge is 0.274 e. The highest BCUT2D eigenvalue weighted by molar-refractivity contribution is 6.04. The van der Waals surface area contributed by atoms with Gasteiger partial charge in [0.05, 0.1) is 31.8 Å². The van der Waals surface area contributed by atoms with Gasteiger partial charge in [-0.2, -0.15) is 0 Å². The first-order valence-corrected chi connectivity index (χ1v) is 8.40. The monoisotopic (exact) mass is 363 g/mol. The number of ether oxygens (including phenoxy) is 2. The van der Waals surface area contributed by atoms with Crippen LogP contribution in [0.3, 0.4) is 0 Å². The van der Waals surface area contributed by atoms with E-state index < -0.39 is 0 Å². The summed E-state index contributed by atoms with van der Waals surface area (Å²) in [6.45, 7) is 0. The van der Waals surface area contributed by atoms with Gasteiger partial charge in [-0.25, -0.2) is 4.98 Å². The molecule has 27 heavy (non-hydrogen) atoms. The van der Waals surface area contributed by atoms with Crippen molar-refractivity contribution in [1.29, 1.82) is 0 Å². The highest BCUT2D eigenvalue weighted by atomic mass is 16.5. The number of aromatic nitrogens is 1. The standard InChI is InChI=1S/C21H21N3O3/c1-24(15-7-5-4-6-8-15)16-9-11-18(22-14-16)21(25)23-19-13-17(26-2)10-12-20(19)27-3/h4-14H,1-3H3,(H,23,25). The molecule has 1 N–H and O–H groups in total. The molecule has 2 aromatic carbocycles. The van der Waals surface area contributed by atoms with Gasteiger partial charge >= 0.3 is 0 Å². The fourth-order valence-corrected chi connectivity index (χ4v) is 2.62. The number of methoxy groups -OCH3 is 2. The Morgan fingerprint density at radius 1 is 0.963 bits per heavy atom. The summed E-state index contributed by atoms with van der Waals surface area (Å²) in [6.07, 6.45) is 1.67. The topological polar surface area (TPSA) is 63.7 Å². The predicted molar refractivity (Wildman–Crippen MR) is 106 cm³/mol. The van der Waals surface area contributed by atoms with Gasteiger partial charge in [-0.05, 0) is 36.4 Å². The first-order valence-electron chi connectivity index (χ1n) is 8.40. The van der Waals surface area contributed by atoms with Crippen molar-refractivity contribution in [2.24, 2.45) is 0 Å². The molecule has 1 aromatic heterocycles. The number of carbonyl (C=O) groups excluding carboxylic acids is 1. The molecule has 0 fully saturated rings. The Bertz CT molecular complexity index is 912. The number of amides is 1. The maximum absolute atomic E-state index is 12.5. The van der Waals surface area contributed by atoms with Crippen molar-refractivity contribution in [1.82, 2.24) is 4.98 Å². The number of hydrogen-bond donors (Lipinski definition) is 1. The number of pyridine rings is 1. The van der Waals surface area contributed by atoms with Gasteiger partial charge in [0, 0.05) is 18.8 Å². The second-order valence-electron chi connectivity index (χ2n) is 5.82. The minimum atomic E-state index is -0.324. The lowest BCUT2D eigenvalue weighted by Crippen LogP contribution is -2.15. The number of nitrogens with zero attached hydrogens (tertiary/aromatic N) is 2. The molecule has 1 heterocycles. The SMILES string of the molecule is COc1ccc(OC)c(NC(=O)c2ccc(N(C)c3ccccc3)cn2)c1. The summed E-state index contributed by atoms with van der Waals surface area (Å²) < 4.78 is 10.5. The largest absolute Gasteiger partial charge is 0.497 e. The van der Waals surface area contributed by atoms with Gasteiger partial charge < -0.3 is 19.7 Å². The molecule has 6 nitrogen and oxygen atoms in total. The van der Waals surface area contributed by atoms with Crippen LogP contribution in [-0.2, 0) is 0 Å². The van der Waals surface area contributed by atoms with Gasteiger partial charge in [0.25, 0.3) is 5.91 Å². The zero-order valence-corrected chi connectivity index (χ0v) is 15.5. The Hall–Kier alpha value is -3.54. The van der Waals surface area contributed by atoms with Crippen LogP contribution in [-0.4, -0.2) is 32.2 Å². The first kappa shape index (κ1) is 18.3. The van der Waals surface area contributed by atoms with E-state index in [2.05, 4.69) is 10.3 Å². The number of hydrogen-bond acceptors (Lipinski definition) is 5. The van der Waals surface area contributed by atoms with Crippen molar-refractivity contribution in [3.63, 3.8) is 0 Å². The molecule has 0 aliphatic carbocycles. The lowest BCUT2D eigenvalue weighted by molar-refractivity contribution is 0.102. The third-order valence-electron chi connectivity index (χ3n) is 4.17. The van der Waals surface area contributed by atoms with Gasteiger partial charge in [0.1, 0.15) is 17.2 Å². The van der Waals surface area contributed by atoms with Crippen molar-refractivity contribution in [2.45, 2.75) is 0 Å². The third kappa shape index (κ3) is 4.17. The molecule has 138 valence electrons. The molecular weight excluding hydrogens is 342 g/mol. The Labute approximate surface area is 158 Å². The van der Waals surface area contributed by atoms with Crippen LogP contribution in [0.25, 0.3) is 0 Å². The van der Waals surface area contributed by atoms with Crippen molar-refractivity contribution < 1.29 is 14.3 Å². The molecular formula is C21H21N3O3. The summed E-state index contributed by atoms with van der Waals surface area (Å²) in [5.74, 6) is 0.846. The van der Waals surface area contributed by atoms with Crippen molar-refractivity contribution in [3.05, 3.63) is 72.6 Å². The van der Waals surface area contributed by atoms with Gasteiger partial charge in [-0.1, -0.05) is 18.2 Å². The van der Waals surface area contributed by atoms with Crippen LogP contribution in [0.15, 0.2) is 66.9 Å². The number of carbonyl (C=O) groups is 1. The third-order valence-corrected chi connectivity index (χ3v) is 4.17. The molecule has 0 unspecified atom stereocenters. The van der Waals surface area contributed by atoms with Gasteiger partial charge in [-0.3, -0.25) is 4.79 Å². The molecule has 0 spiro atoms. The lowest BCUT2D eigenvalue weighted by Gasteiger charge is -2.19. The fraction of sp³-hybridized carbons (Fsp3) is 0.143. The number of para-hydroxylation sites is 1. The minimum Gasteiger partial charge on any atom is -0.497 e. The number of benzene rings is 2. The quantitative estimate of drug-likeness (QED) is 0.714. The minimum absolute atomic E-state index is 0.310. The van der Waals surface area contributed by atoms with E-state index in [1.54, 1.807) is 44.7 Å². The second kappa shape index (κ2) is 8.23. The maximum atomic E-state index is 12.5. The second-order valence-corrected chi connectivity index (χ2v) is 5.82. The van der Waals surface area contributed by atoms with Crippen LogP contribution >= 0.6 is 0 Å². The summed E-state index contributed by atoms with van der Waals surface area (Å²) >= 11 is 0. The van der Waals surface area contributed by atoms with Crippen molar-refractivity contribution >= 4 is 23.0 Å². The van der Waals surface area contributed by atoms with Gasteiger partial charge in [-0.15, -0.1) is 0 Å². The van der Waals surface area contributed by atoms with Crippen LogP contribution in [0.2, 0.25) is 0 Å². The van der Waals surface area contributed by atoms with Crippen LogP contribution in [0.1, 0.15) is 10.5 Å². The van der Waals surface area contributed by atoms with E-state index in [1.807, 2.05) is 48.3 Å². The Morgan fingerprint density at radius 2 is 1.74 bits per heavy atom. The lowest BCUT2D eigenvalue weighted by atomic mass is 10.2. The summed E-state index contributed by atoms with van der Waals surface area (Å²) in [5, 5.41) is 2.81. The van der Waals surface area contributed by atoms with Crippen molar-refractivity contribution in [3.8, 4) is 11.5 Å². The van der Waals surface area contributed by atoms with Crippen LogP contribution in [0, 0.1) is 0 Å². The van der Waals surface area contributed by atoms with Gasteiger partial charge in [0.2, 0.25) is 0 Å². The molecule has 0 saturated carbocycles. The molecule has 3 aromatic rings. The molecule has 1 amide bonds. The van der Waals surface area contributed by atoms with Crippen molar-refractivity contribution in [2.75, 3.05) is 31.5 Å². The normalized spacial score (nSPS) is 10.2. The van der Waals surface area contributed by atoms with E-state index >= 15 is 0 Å². The van der Waals surface area contributed by atoms with E-state index in [1.165, 1.54) is 0 Å². The zero-order chi connectivity index (χ0) is 19.2. The van der Waals surface area contributed by atoms with E-state index in [0.29, 0.717) is 22.9 Å². The molecule has 0 aliphatic rings. The number of anilines is 3. The zero-order valence-electron chi connectivity index (χ0n) is 15.5. The fourth-order valence-electron chi connectivity index (χ4n) is 2.62. The van der Waals surface area contributed by atoms with Crippen LogP contribution < -0.4 is 19.7 Å². The maximum Gasteiger partial charge on any atom is 0.274 e. The van der Waals surface area contributed by atoms with E-state index in [-0.39, 0.29) is 5.91 Å². The summed E-state index contributed by atoms with van der Waals surface area (Å²) in [6, 6.07) is 18.7. The first-order chi connectivity index (χ1) is 13.1.